The van der Waals surface area contributed by atoms with Gasteiger partial charge in [-0.05, 0) is 38.5 Å². The summed E-state index contributed by atoms with van der Waals surface area (Å²) >= 11 is 0. The second-order valence-electron chi connectivity index (χ2n) is 15.9. The molecule has 0 radical (unpaired) electrons. The number of carboxylic acid groups (broad SMARTS) is 1. The highest BCUT2D eigenvalue weighted by atomic mass is 31.2. The first kappa shape index (κ1) is 54.7. The van der Waals surface area contributed by atoms with Crippen molar-refractivity contribution in [1.29, 1.82) is 0 Å². The quantitative estimate of drug-likeness (QED) is 0.0234. The van der Waals surface area contributed by atoms with Crippen LogP contribution in [0.5, 0.6) is 0 Å². The monoisotopic (exact) mass is 818 g/mol. The van der Waals surface area contributed by atoms with Crippen LogP contribution in [0, 0.1) is 0 Å². The number of rotatable bonds is 45. The van der Waals surface area contributed by atoms with Gasteiger partial charge in [-0.2, -0.15) is 0 Å². The molecule has 56 heavy (non-hydrogen) atoms. The van der Waals surface area contributed by atoms with Gasteiger partial charge in [0.2, 0.25) is 0 Å². The van der Waals surface area contributed by atoms with E-state index < -0.39 is 45.1 Å². The van der Waals surface area contributed by atoms with Gasteiger partial charge in [-0.3, -0.25) is 18.6 Å². The van der Waals surface area contributed by atoms with E-state index in [-0.39, 0.29) is 13.0 Å². The van der Waals surface area contributed by atoms with Crippen LogP contribution in [0.3, 0.4) is 0 Å². The molecule has 0 aromatic rings. The lowest BCUT2D eigenvalue weighted by Crippen LogP contribution is -2.34. The number of allylic oxidation sites excluding steroid dienone is 2. The Labute approximate surface area is 343 Å². The molecule has 0 saturated heterocycles. The maximum Gasteiger partial charge on any atom is 0.472 e. The lowest BCUT2D eigenvalue weighted by atomic mass is 10.0. The highest BCUT2D eigenvalue weighted by Gasteiger charge is 2.27. The lowest BCUT2D eigenvalue weighted by molar-refractivity contribution is -0.154. The van der Waals surface area contributed by atoms with Crippen LogP contribution in [0.1, 0.15) is 226 Å². The van der Waals surface area contributed by atoms with E-state index >= 15 is 0 Å². The molecule has 0 saturated carbocycles. The molecule has 0 heterocycles. The normalized spacial score (nSPS) is 13.9. The lowest BCUT2D eigenvalue weighted by Gasteiger charge is -2.20. The number of carboxylic acids is 1. The molecule has 0 aliphatic rings. The molecule has 3 atom stereocenters. The Balaban J connectivity index is 4.16. The van der Waals surface area contributed by atoms with Crippen LogP contribution in [0.15, 0.2) is 12.2 Å². The average Bonchev–Trinajstić information content (AvgIpc) is 3.18. The Morgan fingerprint density at radius 3 is 1.36 bits per heavy atom. The molecule has 0 aliphatic carbocycles. The van der Waals surface area contributed by atoms with Gasteiger partial charge in [-0.15, -0.1) is 0 Å². The topological polar surface area (TPSA) is 155 Å². The third kappa shape index (κ3) is 40.9. The van der Waals surface area contributed by atoms with E-state index in [0.29, 0.717) is 13.0 Å². The number of phosphoric ester groups is 1. The molecule has 0 bridgehead atoms. The largest absolute Gasteiger partial charge is 0.480 e. The Morgan fingerprint density at radius 2 is 0.929 bits per heavy atom. The van der Waals surface area contributed by atoms with Gasteiger partial charge in [-0.1, -0.05) is 193 Å². The van der Waals surface area contributed by atoms with E-state index in [0.717, 1.165) is 51.4 Å². The predicted octanol–water partition coefficient (Wildman–Crippen LogP) is 12.9. The number of nitrogens with two attached hydrogens (primary N) is 1. The minimum atomic E-state index is -4.61. The molecule has 0 fully saturated rings. The number of carbonyl (C=O) groups is 2. The zero-order valence-electron chi connectivity index (χ0n) is 36.2. The van der Waals surface area contributed by atoms with Crippen LogP contribution >= 0.6 is 7.82 Å². The van der Waals surface area contributed by atoms with Gasteiger partial charge in [0.25, 0.3) is 0 Å². The summed E-state index contributed by atoms with van der Waals surface area (Å²) in [5.41, 5.74) is 5.36. The molecule has 11 heteroatoms. The molecular weight excluding hydrogens is 729 g/mol. The third-order valence-electron chi connectivity index (χ3n) is 10.3. The highest BCUT2D eigenvalue weighted by molar-refractivity contribution is 7.47. The fourth-order valence-corrected chi connectivity index (χ4v) is 7.44. The molecule has 0 amide bonds. The maximum absolute atomic E-state index is 12.6. The van der Waals surface area contributed by atoms with Crippen molar-refractivity contribution >= 4 is 19.8 Å². The van der Waals surface area contributed by atoms with Gasteiger partial charge in [0.15, 0.2) is 0 Å². The van der Waals surface area contributed by atoms with Crippen LogP contribution in [0.2, 0.25) is 0 Å². The fraction of sp³-hybridized carbons (Fsp3) is 0.911. The van der Waals surface area contributed by atoms with Crippen molar-refractivity contribution in [3.05, 3.63) is 12.2 Å². The van der Waals surface area contributed by atoms with Gasteiger partial charge >= 0.3 is 19.8 Å². The molecule has 10 nitrogen and oxygen atoms in total. The highest BCUT2D eigenvalue weighted by Crippen LogP contribution is 2.43. The summed E-state index contributed by atoms with van der Waals surface area (Å²) in [6.45, 7) is 3.91. The van der Waals surface area contributed by atoms with Crippen LogP contribution in [0.25, 0.3) is 0 Å². The van der Waals surface area contributed by atoms with Crippen molar-refractivity contribution in [2.45, 2.75) is 238 Å². The fourth-order valence-electron chi connectivity index (χ4n) is 6.66. The molecular formula is C45H88NO9P. The predicted molar refractivity (Wildman–Crippen MR) is 231 cm³/mol. The second kappa shape index (κ2) is 41.9. The summed E-state index contributed by atoms with van der Waals surface area (Å²) in [6.07, 6.45) is 44.0. The Kier molecular flexibility index (Phi) is 40.9. The average molecular weight is 818 g/mol. The summed E-state index contributed by atoms with van der Waals surface area (Å²) < 4.78 is 33.4. The summed E-state index contributed by atoms with van der Waals surface area (Å²) in [5, 5.41) is 8.90. The molecule has 0 rings (SSSR count). The summed E-state index contributed by atoms with van der Waals surface area (Å²) in [5.74, 6) is -1.78. The number of unbranched alkanes of at least 4 members (excludes halogenated alkanes) is 29. The Hall–Kier alpha value is -1.29. The number of aliphatic carboxylic acids is 1. The van der Waals surface area contributed by atoms with Crippen molar-refractivity contribution in [2.75, 3.05) is 26.4 Å². The van der Waals surface area contributed by atoms with Crippen LogP contribution in [0.4, 0.5) is 0 Å². The van der Waals surface area contributed by atoms with Gasteiger partial charge in [0.1, 0.15) is 12.1 Å². The molecule has 0 aliphatic heterocycles. The third-order valence-corrected chi connectivity index (χ3v) is 11.2. The molecule has 0 aromatic carbocycles. The minimum Gasteiger partial charge on any atom is -0.480 e. The van der Waals surface area contributed by atoms with Crippen molar-refractivity contribution in [3.63, 3.8) is 0 Å². The van der Waals surface area contributed by atoms with Gasteiger partial charge in [0.05, 0.1) is 19.8 Å². The van der Waals surface area contributed by atoms with Crippen molar-refractivity contribution in [2.24, 2.45) is 5.73 Å². The standard InChI is InChI=1S/C45H88NO9P/c1-3-5-7-9-11-13-15-17-19-20-21-22-24-26-28-30-32-34-36-38-52-39-42(40-53-56(50,51)54-41-43(46)45(48)49)55-44(47)37-35-33-31-29-27-25-23-18-16-14-12-10-8-6-4-2/h18,23,42-43H,3-17,19-22,24-41,46H2,1-2H3,(H,48,49)(H,50,51)/b23-18-. The summed E-state index contributed by atoms with van der Waals surface area (Å²) in [4.78, 5) is 33.6. The molecule has 3 unspecified atom stereocenters. The smallest absolute Gasteiger partial charge is 0.472 e. The number of carbonyl (C=O) groups excluding carboxylic acids is 1. The molecule has 332 valence electrons. The van der Waals surface area contributed by atoms with Gasteiger partial charge in [-0.25, -0.2) is 4.57 Å². The van der Waals surface area contributed by atoms with E-state index in [4.69, 9.17) is 29.4 Å². The van der Waals surface area contributed by atoms with Crippen molar-refractivity contribution in [1.82, 2.24) is 0 Å². The van der Waals surface area contributed by atoms with E-state index in [1.165, 1.54) is 148 Å². The van der Waals surface area contributed by atoms with Gasteiger partial charge in [0, 0.05) is 13.0 Å². The molecule has 4 N–H and O–H groups in total. The van der Waals surface area contributed by atoms with E-state index in [9.17, 15) is 19.0 Å². The first-order chi connectivity index (χ1) is 27.2. The van der Waals surface area contributed by atoms with Crippen molar-refractivity contribution < 1.29 is 42.7 Å². The van der Waals surface area contributed by atoms with Crippen LogP contribution in [-0.2, 0) is 32.7 Å². The Bertz CT molecular complexity index is 951. The Morgan fingerprint density at radius 1 is 0.554 bits per heavy atom. The maximum atomic E-state index is 12.6. The van der Waals surface area contributed by atoms with Crippen molar-refractivity contribution in [3.8, 4) is 0 Å². The van der Waals surface area contributed by atoms with E-state index in [1.807, 2.05) is 0 Å². The summed E-state index contributed by atoms with van der Waals surface area (Å²) in [7, 11) is -4.61. The minimum absolute atomic E-state index is 0.0196. The zero-order chi connectivity index (χ0) is 41.2. The first-order valence-corrected chi connectivity index (χ1v) is 24.7. The second-order valence-corrected chi connectivity index (χ2v) is 17.3. The molecule has 0 aromatic heterocycles. The number of esters is 1. The first-order valence-electron chi connectivity index (χ1n) is 23.2. The van der Waals surface area contributed by atoms with Gasteiger partial charge < -0.3 is 25.2 Å². The number of hydrogen-bond donors (Lipinski definition) is 3. The molecule has 0 spiro atoms. The van der Waals surface area contributed by atoms with Crippen LogP contribution in [-0.4, -0.2) is 60.5 Å². The SMILES string of the molecule is CCCCCCCC/C=C\CCCCCCCC(=O)OC(COCCCCCCCCCCCCCCCCCCCCC)COP(=O)(O)OCC(N)C(=O)O. The number of ether oxygens (including phenoxy) is 2. The number of phosphoric acid groups is 1. The van der Waals surface area contributed by atoms with E-state index in [2.05, 4.69) is 26.0 Å². The summed E-state index contributed by atoms with van der Waals surface area (Å²) in [6, 6.07) is -1.47. The van der Waals surface area contributed by atoms with Crippen LogP contribution < -0.4 is 5.73 Å². The van der Waals surface area contributed by atoms with E-state index in [1.54, 1.807) is 0 Å². The number of hydrogen-bond acceptors (Lipinski definition) is 8. The zero-order valence-corrected chi connectivity index (χ0v) is 37.1.